The van der Waals surface area contributed by atoms with Gasteiger partial charge in [0, 0.05) is 0 Å². The molecule has 0 amide bonds. The van der Waals surface area contributed by atoms with Crippen molar-refractivity contribution < 1.29 is 43.6 Å². The molecule has 2 aromatic heterocycles. The molecule has 256 valence electrons. The fraction of sp³-hybridized carbons (Fsp3) is 0.143. The summed E-state index contributed by atoms with van der Waals surface area (Å²) in [6.07, 6.45) is 11.6. The second kappa shape index (κ2) is 12.6. The number of allylic oxidation sites excluding steroid dienone is 8. The van der Waals surface area contributed by atoms with E-state index in [1.807, 2.05) is 74.5 Å². The van der Waals surface area contributed by atoms with Gasteiger partial charge in [-0.25, -0.2) is 0 Å². The number of methoxy groups -OCH3 is 2. The third-order valence-electron chi connectivity index (χ3n) is 10.3. The number of ether oxygens (including phenoxy) is 2. The van der Waals surface area contributed by atoms with Crippen LogP contribution in [0.2, 0.25) is 0 Å². The summed E-state index contributed by atoms with van der Waals surface area (Å²) in [6.45, 7) is 3.69. The zero-order valence-electron chi connectivity index (χ0n) is 28.5. The van der Waals surface area contributed by atoms with Gasteiger partial charge in [-0.15, -0.1) is 0 Å². The fourth-order valence-corrected chi connectivity index (χ4v) is 16.3. The summed E-state index contributed by atoms with van der Waals surface area (Å²) in [4.78, 5) is 0. The minimum absolute atomic E-state index is 0.107. The molecule has 0 radical (unpaired) electrons. The van der Waals surface area contributed by atoms with E-state index in [-0.39, 0.29) is 19.1 Å². The van der Waals surface area contributed by atoms with Crippen molar-refractivity contribution in [2.45, 2.75) is 26.7 Å². The van der Waals surface area contributed by atoms with Crippen LogP contribution >= 0.6 is 0 Å². The molecule has 0 N–H and O–H groups in total. The Bertz CT molecular complexity index is 2360. The maximum atomic E-state index is 17.8. The van der Waals surface area contributed by atoms with Gasteiger partial charge in [-0.2, -0.15) is 0 Å². The Balaban J connectivity index is 1.46. The Morgan fingerprint density at radius 1 is 0.569 bits per heavy atom. The SMILES string of the molecule is COc1ccc2c(c1)cc(C)n2-c1ccc(F)[c]([Ti]([C]2=CC=CC2)([C]2=CC=CC2)[c]2c(F)ccc(-n3c(C)cc4cc(OC)ccc43)c2F)c1F. The summed E-state index contributed by atoms with van der Waals surface area (Å²) in [5.41, 5.74) is 3.02. The van der Waals surface area contributed by atoms with Crippen LogP contribution in [0.15, 0.2) is 117 Å². The minimum atomic E-state index is -5.13. The van der Waals surface area contributed by atoms with E-state index in [0.29, 0.717) is 54.5 Å². The second-order valence-corrected chi connectivity index (χ2v) is 18.9. The molecule has 4 nitrogen and oxygen atoms in total. The molecule has 9 heteroatoms. The van der Waals surface area contributed by atoms with Crippen molar-refractivity contribution in [3.05, 3.63) is 152 Å². The van der Waals surface area contributed by atoms with E-state index in [2.05, 4.69) is 0 Å². The zero-order chi connectivity index (χ0) is 35.6. The summed E-state index contributed by atoms with van der Waals surface area (Å²) < 4.78 is 84.5. The molecule has 2 aliphatic carbocycles. The molecular formula is C42H34F4N2O2Ti. The topological polar surface area (TPSA) is 28.3 Å². The van der Waals surface area contributed by atoms with E-state index in [1.165, 1.54) is 24.3 Å². The Kier molecular flexibility index (Phi) is 8.20. The van der Waals surface area contributed by atoms with E-state index in [9.17, 15) is 0 Å². The van der Waals surface area contributed by atoms with E-state index >= 15 is 17.6 Å². The average molecular weight is 723 g/mol. The first-order valence-electron chi connectivity index (χ1n) is 16.7. The first kappa shape index (κ1) is 33.1. The summed E-state index contributed by atoms with van der Waals surface area (Å²) in [6, 6.07) is 20.0. The molecule has 0 saturated carbocycles. The molecule has 0 atom stereocenters. The summed E-state index contributed by atoms with van der Waals surface area (Å²) in [7, 11) is 3.15. The third kappa shape index (κ3) is 4.99. The summed E-state index contributed by atoms with van der Waals surface area (Å²) in [5.74, 6) is -2.02. The van der Waals surface area contributed by atoms with Crippen LogP contribution in [-0.2, 0) is 16.6 Å². The Morgan fingerprint density at radius 2 is 1.00 bits per heavy atom. The quantitative estimate of drug-likeness (QED) is 0.116. The second-order valence-electron chi connectivity index (χ2n) is 13.0. The van der Waals surface area contributed by atoms with Crippen molar-refractivity contribution in [2.75, 3.05) is 14.2 Å². The first-order valence-corrected chi connectivity index (χ1v) is 19.8. The van der Waals surface area contributed by atoms with Crippen LogP contribution in [0.3, 0.4) is 0 Å². The predicted octanol–water partition coefficient (Wildman–Crippen LogP) is 9.56. The van der Waals surface area contributed by atoms with Crippen molar-refractivity contribution >= 4 is 29.5 Å². The number of fused-ring (bicyclic) bond motifs is 2. The van der Waals surface area contributed by atoms with Crippen molar-refractivity contribution in [2.24, 2.45) is 0 Å². The normalized spacial score (nSPS) is 14.2. The first-order chi connectivity index (χ1) is 24.7. The van der Waals surface area contributed by atoms with E-state index in [4.69, 9.17) is 9.47 Å². The molecule has 2 aliphatic rings. The number of hydrogen-bond donors (Lipinski definition) is 0. The van der Waals surface area contributed by atoms with Gasteiger partial charge in [-0.1, -0.05) is 0 Å². The van der Waals surface area contributed by atoms with Crippen LogP contribution in [0, 0.1) is 37.1 Å². The molecule has 51 heavy (non-hydrogen) atoms. The number of hydrogen-bond acceptors (Lipinski definition) is 2. The van der Waals surface area contributed by atoms with Crippen LogP contribution in [-0.4, -0.2) is 23.4 Å². The van der Waals surface area contributed by atoms with E-state index in [0.717, 1.165) is 10.8 Å². The zero-order valence-corrected chi connectivity index (χ0v) is 30.1. The monoisotopic (exact) mass is 722 g/mol. The van der Waals surface area contributed by atoms with Crippen molar-refractivity contribution in [3.8, 4) is 22.9 Å². The molecule has 6 aromatic rings. The fourth-order valence-electron chi connectivity index (χ4n) is 8.10. The molecular weight excluding hydrogens is 688 g/mol. The average Bonchev–Trinajstić information content (AvgIpc) is 3.95. The molecule has 4 aromatic carbocycles. The summed E-state index contributed by atoms with van der Waals surface area (Å²) in [5, 5.41) is 1.62. The van der Waals surface area contributed by atoms with Crippen LogP contribution in [0.5, 0.6) is 11.5 Å². The van der Waals surface area contributed by atoms with Gasteiger partial charge >= 0.3 is 298 Å². The predicted molar refractivity (Wildman–Crippen MR) is 192 cm³/mol. The van der Waals surface area contributed by atoms with Gasteiger partial charge in [0.25, 0.3) is 0 Å². The number of aryl methyl sites for hydroxylation is 2. The van der Waals surface area contributed by atoms with Crippen molar-refractivity contribution in [1.82, 2.24) is 9.13 Å². The number of rotatable bonds is 8. The van der Waals surface area contributed by atoms with Crippen LogP contribution in [0.1, 0.15) is 24.2 Å². The Labute approximate surface area is 296 Å². The van der Waals surface area contributed by atoms with Gasteiger partial charge in [0.2, 0.25) is 0 Å². The standard InChI is InChI=1S/2C16H12F2NO.2C5H5.Ti/c2*1-10-7-11-8-13(20-2)4-6-15(11)19(10)16-5-3-12(17)9-14(16)18;2*1-2-4-5-3-1;/h2*3-8H,1-2H3;2*1-3H,4H2;. The van der Waals surface area contributed by atoms with Crippen molar-refractivity contribution in [3.63, 3.8) is 0 Å². The van der Waals surface area contributed by atoms with Gasteiger partial charge in [0.15, 0.2) is 0 Å². The van der Waals surface area contributed by atoms with Crippen LogP contribution < -0.4 is 17.2 Å². The molecule has 0 aliphatic heterocycles. The van der Waals surface area contributed by atoms with Crippen molar-refractivity contribution in [1.29, 1.82) is 0 Å². The summed E-state index contributed by atoms with van der Waals surface area (Å²) >= 11 is -5.13. The van der Waals surface area contributed by atoms with E-state index < -0.39 is 39.9 Å². The Morgan fingerprint density at radius 3 is 1.37 bits per heavy atom. The molecule has 0 fully saturated rings. The van der Waals surface area contributed by atoms with Gasteiger partial charge in [-0.05, 0) is 0 Å². The molecule has 8 rings (SSSR count). The maximum absolute atomic E-state index is 17.8. The van der Waals surface area contributed by atoms with Gasteiger partial charge in [0.1, 0.15) is 0 Å². The molecule has 0 saturated heterocycles. The van der Waals surface area contributed by atoms with Crippen LogP contribution in [0.4, 0.5) is 17.6 Å². The number of nitrogens with zero attached hydrogens (tertiary/aromatic N) is 2. The van der Waals surface area contributed by atoms with Gasteiger partial charge in [0.05, 0.1) is 0 Å². The Hall–Kier alpha value is -5.05. The third-order valence-corrected chi connectivity index (χ3v) is 18.2. The number of aromatic nitrogens is 2. The van der Waals surface area contributed by atoms with Gasteiger partial charge < -0.3 is 0 Å². The molecule has 0 bridgehead atoms. The number of benzene rings is 4. The molecule has 2 heterocycles. The van der Waals surface area contributed by atoms with Crippen LogP contribution in [0.25, 0.3) is 33.2 Å². The molecule has 0 spiro atoms. The molecule has 0 unspecified atom stereocenters. The van der Waals surface area contributed by atoms with E-state index in [1.54, 1.807) is 47.6 Å². The number of halogens is 4. The van der Waals surface area contributed by atoms with Gasteiger partial charge in [-0.3, -0.25) is 0 Å².